The van der Waals surface area contributed by atoms with Crippen LogP contribution in [0.1, 0.15) is 41.3 Å². The van der Waals surface area contributed by atoms with Crippen LogP contribution in [0, 0.1) is 0 Å². The predicted molar refractivity (Wildman–Crippen MR) is 107 cm³/mol. The molecule has 0 aliphatic carbocycles. The number of unbranched alkanes of at least 4 members (excludes halogenated alkanes) is 1. The number of carbonyl (C=O) groups is 2. The molecule has 2 N–H and O–H groups in total. The minimum Gasteiger partial charge on any atom is -0.504 e. The molecule has 29 heavy (non-hydrogen) atoms. The van der Waals surface area contributed by atoms with E-state index in [1.807, 2.05) is 12.1 Å². The maximum absolute atomic E-state index is 12.7. The van der Waals surface area contributed by atoms with E-state index < -0.39 is 23.4 Å². The highest BCUT2D eigenvalue weighted by atomic mass is 16.6. The molecule has 1 aliphatic heterocycles. The Morgan fingerprint density at radius 3 is 2.38 bits per heavy atom. The number of phenolic OH excluding ortho intramolecular Hbond substituents is 2. The average molecular weight is 399 g/mol. The van der Waals surface area contributed by atoms with E-state index in [9.17, 15) is 19.8 Å². The highest BCUT2D eigenvalue weighted by Gasteiger charge is 2.24. The third-order valence-corrected chi connectivity index (χ3v) is 4.86. The van der Waals surface area contributed by atoms with Gasteiger partial charge in [0.15, 0.2) is 17.3 Å². The smallest absolute Gasteiger partial charge is 0.415 e. The summed E-state index contributed by atoms with van der Waals surface area (Å²) >= 11 is 0. The van der Waals surface area contributed by atoms with E-state index in [2.05, 4.69) is 6.92 Å². The second kappa shape index (κ2) is 9.43. The zero-order valence-electron chi connectivity index (χ0n) is 16.4. The van der Waals surface area contributed by atoms with Gasteiger partial charge in [-0.05, 0) is 30.5 Å². The number of phenols is 2. The van der Waals surface area contributed by atoms with Crippen LogP contribution in [0.4, 0.5) is 4.79 Å². The van der Waals surface area contributed by atoms with Crippen molar-refractivity contribution in [3.05, 3.63) is 53.1 Å². The van der Waals surface area contributed by atoms with Crippen molar-refractivity contribution in [2.45, 2.75) is 26.2 Å². The summed E-state index contributed by atoms with van der Waals surface area (Å²) in [5.74, 6) is -1.88. The number of benzene rings is 2. The molecule has 1 fully saturated rings. The van der Waals surface area contributed by atoms with Gasteiger partial charge in [0.1, 0.15) is 0 Å². The molecule has 0 unspecified atom stereocenters. The first-order valence-electron chi connectivity index (χ1n) is 9.74. The van der Waals surface area contributed by atoms with Gasteiger partial charge in [-0.25, -0.2) is 4.79 Å². The zero-order chi connectivity index (χ0) is 20.8. The number of nitrogens with zero attached hydrogens (tertiary/aromatic N) is 1. The van der Waals surface area contributed by atoms with Gasteiger partial charge in [-0.2, -0.15) is 0 Å². The van der Waals surface area contributed by atoms with Crippen molar-refractivity contribution in [2.24, 2.45) is 0 Å². The Morgan fingerprint density at radius 1 is 1.03 bits per heavy atom. The van der Waals surface area contributed by atoms with E-state index in [-0.39, 0.29) is 11.3 Å². The molecule has 2 aromatic rings. The minimum atomic E-state index is -0.648. The molecule has 1 aliphatic rings. The summed E-state index contributed by atoms with van der Waals surface area (Å²) in [5.41, 5.74) is 1.48. The normalized spacial score (nSPS) is 13.9. The van der Waals surface area contributed by atoms with Crippen LogP contribution in [0.15, 0.2) is 36.4 Å². The molecule has 0 spiro atoms. The summed E-state index contributed by atoms with van der Waals surface area (Å²) in [6, 6.07) is 9.82. The number of hydrogen-bond donors (Lipinski definition) is 2. The quantitative estimate of drug-likeness (QED) is 0.570. The Labute approximate surface area is 169 Å². The molecule has 154 valence electrons. The van der Waals surface area contributed by atoms with Crippen LogP contribution in [-0.4, -0.2) is 53.3 Å². The molecule has 0 atom stereocenters. The molecule has 0 aromatic heterocycles. The lowest BCUT2D eigenvalue weighted by atomic mass is 9.99. The summed E-state index contributed by atoms with van der Waals surface area (Å²) in [7, 11) is 0. The van der Waals surface area contributed by atoms with Gasteiger partial charge >= 0.3 is 6.09 Å². The first kappa shape index (κ1) is 20.7. The molecule has 2 aromatic carbocycles. The average Bonchev–Trinajstić information content (AvgIpc) is 2.76. The molecular weight excluding hydrogens is 374 g/mol. The summed E-state index contributed by atoms with van der Waals surface area (Å²) < 4.78 is 10.3. The van der Waals surface area contributed by atoms with Crippen LogP contribution in [0.5, 0.6) is 17.2 Å². The lowest BCUT2D eigenvalue weighted by Crippen LogP contribution is -2.42. The van der Waals surface area contributed by atoms with E-state index in [4.69, 9.17) is 9.47 Å². The van der Waals surface area contributed by atoms with E-state index in [0.717, 1.165) is 24.8 Å². The number of morpholine rings is 1. The molecule has 0 radical (unpaired) electrons. The Balaban J connectivity index is 1.74. The van der Waals surface area contributed by atoms with Gasteiger partial charge in [0.2, 0.25) is 5.75 Å². The number of rotatable bonds is 6. The van der Waals surface area contributed by atoms with Crippen LogP contribution in [0.25, 0.3) is 0 Å². The Morgan fingerprint density at radius 2 is 1.72 bits per heavy atom. The van der Waals surface area contributed by atoms with Gasteiger partial charge in [0.25, 0.3) is 0 Å². The van der Waals surface area contributed by atoms with Gasteiger partial charge in [-0.15, -0.1) is 0 Å². The van der Waals surface area contributed by atoms with E-state index in [0.29, 0.717) is 31.9 Å². The highest BCUT2D eigenvalue weighted by Crippen LogP contribution is 2.39. The molecule has 7 nitrogen and oxygen atoms in total. The summed E-state index contributed by atoms with van der Waals surface area (Å²) in [5, 5.41) is 20.5. The van der Waals surface area contributed by atoms with Crippen LogP contribution in [0.2, 0.25) is 0 Å². The van der Waals surface area contributed by atoms with E-state index in [1.54, 1.807) is 12.1 Å². The van der Waals surface area contributed by atoms with Gasteiger partial charge in [-0.1, -0.05) is 37.6 Å². The zero-order valence-corrected chi connectivity index (χ0v) is 16.4. The van der Waals surface area contributed by atoms with Crippen molar-refractivity contribution in [3.8, 4) is 17.2 Å². The van der Waals surface area contributed by atoms with Crippen molar-refractivity contribution in [1.82, 2.24) is 4.90 Å². The summed E-state index contributed by atoms with van der Waals surface area (Å²) in [6.45, 7) is 3.72. The second-order valence-corrected chi connectivity index (χ2v) is 6.91. The van der Waals surface area contributed by atoms with Crippen molar-refractivity contribution in [3.63, 3.8) is 0 Å². The van der Waals surface area contributed by atoms with E-state index >= 15 is 0 Å². The maximum atomic E-state index is 12.7. The van der Waals surface area contributed by atoms with Crippen molar-refractivity contribution in [1.29, 1.82) is 0 Å². The van der Waals surface area contributed by atoms with Gasteiger partial charge < -0.3 is 24.6 Å². The monoisotopic (exact) mass is 399 g/mol. The number of aryl methyl sites for hydroxylation is 1. The minimum absolute atomic E-state index is 0.0602. The topological polar surface area (TPSA) is 96.3 Å². The Bertz CT molecular complexity index is 872. The number of carbonyl (C=O) groups excluding carboxylic acids is 2. The third-order valence-electron chi connectivity index (χ3n) is 4.86. The Hall–Kier alpha value is -3.06. The first-order valence-corrected chi connectivity index (χ1v) is 9.74. The fourth-order valence-corrected chi connectivity index (χ4v) is 3.09. The standard InChI is InChI=1S/C22H25NO6/c1-2-3-4-15-5-7-16(8-6-15)19(24)17-9-10-18(21(26)20(17)25)29-22(27)23-11-13-28-14-12-23/h5-10,25-26H,2-4,11-14H2,1H3. The fraction of sp³-hybridized carbons (Fsp3) is 0.364. The lowest BCUT2D eigenvalue weighted by molar-refractivity contribution is 0.0413. The van der Waals surface area contributed by atoms with Crippen LogP contribution < -0.4 is 4.74 Å². The largest absolute Gasteiger partial charge is 0.504 e. The molecular formula is C22H25NO6. The molecule has 0 bridgehead atoms. The first-order chi connectivity index (χ1) is 14.0. The number of aromatic hydroxyl groups is 2. The number of amides is 1. The molecule has 1 heterocycles. The molecule has 7 heteroatoms. The van der Waals surface area contributed by atoms with Crippen LogP contribution >= 0.6 is 0 Å². The molecule has 1 saturated heterocycles. The summed E-state index contributed by atoms with van der Waals surface area (Å²) in [4.78, 5) is 26.3. The molecule has 0 saturated carbocycles. The lowest BCUT2D eigenvalue weighted by Gasteiger charge is -2.26. The Kier molecular flexibility index (Phi) is 6.72. The van der Waals surface area contributed by atoms with Crippen LogP contribution in [0.3, 0.4) is 0 Å². The third kappa shape index (κ3) is 4.86. The predicted octanol–water partition coefficient (Wildman–Crippen LogP) is 3.50. The van der Waals surface area contributed by atoms with Gasteiger partial charge in [0, 0.05) is 18.7 Å². The van der Waals surface area contributed by atoms with E-state index in [1.165, 1.54) is 17.0 Å². The number of ketones is 1. The fourth-order valence-electron chi connectivity index (χ4n) is 3.09. The molecule has 1 amide bonds. The number of hydrogen-bond acceptors (Lipinski definition) is 6. The van der Waals surface area contributed by atoms with Crippen molar-refractivity contribution in [2.75, 3.05) is 26.3 Å². The highest BCUT2D eigenvalue weighted by molar-refractivity contribution is 6.11. The van der Waals surface area contributed by atoms with Crippen molar-refractivity contribution >= 4 is 11.9 Å². The van der Waals surface area contributed by atoms with Crippen molar-refractivity contribution < 1.29 is 29.3 Å². The number of ether oxygens (including phenoxy) is 2. The molecule has 3 rings (SSSR count). The van der Waals surface area contributed by atoms with Crippen LogP contribution in [-0.2, 0) is 11.2 Å². The second-order valence-electron chi connectivity index (χ2n) is 6.91. The maximum Gasteiger partial charge on any atom is 0.415 e. The SMILES string of the molecule is CCCCc1ccc(C(=O)c2ccc(OC(=O)N3CCOCC3)c(O)c2O)cc1. The van der Waals surface area contributed by atoms with Gasteiger partial charge in [0.05, 0.1) is 18.8 Å². The van der Waals surface area contributed by atoms with Gasteiger partial charge in [-0.3, -0.25) is 4.79 Å². The summed E-state index contributed by atoms with van der Waals surface area (Å²) in [6.07, 6.45) is 2.47.